The van der Waals surface area contributed by atoms with Gasteiger partial charge in [0.15, 0.2) is 5.65 Å². The molecule has 0 atom stereocenters. The van der Waals surface area contributed by atoms with Gasteiger partial charge in [-0.1, -0.05) is 13.8 Å². The second-order valence-corrected chi connectivity index (χ2v) is 7.00. The lowest BCUT2D eigenvalue weighted by molar-refractivity contribution is 0.802. The molecule has 0 bridgehead atoms. The summed E-state index contributed by atoms with van der Waals surface area (Å²) in [6.45, 7) is 7.18. The predicted molar refractivity (Wildman–Crippen MR) is 98.1 cm³/mol. The van der Waals surface area contributed by atoms with Gasteiger partial charge in [0, 0.05) is 42.2 Å². The summed E-state index contributed by atoms with van der Waals surface area (Å²) in [4.78, 5) is 14.1. The van der Waals surface area contributed by atoms with Crippen molar-refractivity contribution in [2.75, 3.05) is 11.9 Å². The first kappa shape index (κ1) is 16.0. The van der Waals surface area contributed by atoms with Gasteiger partial charge in [-0.3, -0.25) is 0 Å². The van der Waals surface area contributed by atoms with Crippen molar-refractivity contribution in [1.29, 1.82) is 0 Å². The van der Waals surface area contributed by atoms with E-state index < -0.39 is 0 Å². The Kier molecular flexibility index (Phi) is 4.11. The van der Waals surface area contributed by atoms with E-state index >= 15 is 0 Å². The lowest BCUT2D eigenvalue weighted by Gasteiger charge is -2.12. The van der Waals surface area contributed by atoms with Gasteiger partial charge < -0.3 is 5.32 Å². The average molecular weight is 336 g/mol. The summed E-state index contributed by atoms with van der Waals surface area (Å²) in [5, 5.41) is 7.85. The molecule has 4 rings (SSSR count). The summed E-state index contributed by atoms with van der Waals surface area (Å²) in [5.41, 5.74) is 5.71. The van der Waals surface area contributed by atoms with Crippen molar-refractivity contribution in [3.05, 3.63) is 46.8 Å². The van der Waals surface area contributed by atoms with Crippen molar-refractivity contribution in [2.45, 2.75) is 52.4 Å². The molecule has 0 spiro atoms. The Bertz CT molecular complexity index is 912. The standard InChI is InChI=1S/C19H24N6/c1-12(2)16-11-19(25-18(24-16)8-10-21-25)20-9-7-17-22-13(3)14-5-4-6-15(14)23-17/h8,10-12,20H,4-7,9H2,1-3H3. The summed E-state index contributed by atoms with van der Waals surface area (Å²) in [6.07, 6.45) is 6.01. The number of rotatable bonds is 5. The second kappa shape index (κ2) is 6.43. The van der Waals surface area contributed by atoms with E-state index in [2.05, 4.69) is 47.2 Å². The Morgan fingerprint density at radius 2 is 2.08 bits per heavy atom. The van der Waals surface area contributed by atoms with Gasteiger partial charge in [-0.15, -0.1) is 0 Å². The first-order valence-corrected chi connectivity index (χ1v) is 9.05. The molecule has 0 aromatic carbocycles. The molecule has 3 aromatic heterocycles. The van der Waals surface area contributed by atoms with E-state index in [0.29, 0.717) is 5.92 Å². The third kappa shape index (κ3) is 3.08. The molecule has 0 saturated carbocycles. The fourth-order valence-corrected chi connectivity index (χ4v) is 3.45. The molecule has 0 radical (unpaired) electrons. The zero-order chi connectivity index (χ0) is 17.4. The number of nitrogens with one attached hydrogen (secondary N) is 1. The second-order valence-electron chi connectivity index (χ2n) is 7.00. The van der Waals surface area contributed by atoms with Crippen molar-refractivity contribution >= 4 is 11.5 Å². The van der Waals surface area contributed by atoms with Gasteiger partial charge in [0.05, 0.1) is 6.20 Å². The zero-order valence-electron chi connectivity index (χ0n) is 15.1. The van der Waals surface area contributed by atoms with Crippen molar-refractivity contribution in [2.24, 2.45) is 0 Å². The zero-order valence-corrected chi connectivity index (χ0v) is 15.1. The third-order valence-electron chi connectivity index (χ3n) is 4.81. The minimum atomic E-state index is 0.378. The predicted octanol–water partition coefficient (Wildman–Crippen LogP) is 3.09. The highest BCUT2D eigenvalue weighted by molar-refractivity contribution is 5.49. The number of hydrogen-bond acceptors (Lipinski definition) is 5. The number of hydrogen-bond donors (Lipinski definition) is 1. The third-order valence-corrected chi connectivity index (χ3v) is 4.81. The van der Waals surface area contributed by atoms with Gasteiger partial charge in [0.25, 0.3) is 0 Å². The Hall–Kier alpha value is -2.50. The number of anilines is 1. The van der Waals surface area contributed by atoms with Crippen molar-refractivity contribution in [1.82, 2.24) is 24.6 Å². The molecule has 3 heterocycles. The molecular weight excluding hydrogens is 312 g/mol. The normalized spacial score (nSPS) is 13.6. The maximum Gasteiger partial charge on any atom is 0.157 e. The van der Waals surface area contributed by atoms with Crippen LogP contribution in [-0.2, 0) is 19.3 Å². The highest BCUT2D eigenvalue weighted by Crippen LogP contribution is 2.22. The lowest BCUT2D eigenvalue weighted by atomic mass is 10.1. The molecule has 3 aromatic rings. The van der Waals surface area contributed by atoms with E-state index in [-0.39, 0.29) is 0 Å². The maximum absolute atomic E-state index is 4.76. The van der Waals surface area contributed by atoms with Crippen molar-refractivity contribution in [3.8, 4) is 0 Å². The molecule has 25 heavy (non-hydrogen) atoms. The van der Waals surface area contributed by atoms with E-state index in [1.807, 2.05) is 10.6 Å². The van der Waals surface area contributed by atoms with Crippen LogP contribution in [0.3, 0.4) is 0 Å². The van der Waals surface area contributed by atoms with E-state index in [9.17, 15) is 0 Å². The SMILES string of the molecule is Cc1nc(CCNc2cc(C(C)C)nc3ccnn23)nc2c1CCC2. The summed E-state index contributed by atoms with van der Waals surface area (Å²) in [6, 6.07) is 4.02. The van der Waals surface area contributed by atoms with E-state index in [1.165, 1.54) is 17.7 Å². The van der Waals surface area contributed by atoms with Gasteiger partial charge in [0.1, 0.15) is 11.6 Å². The Labute approximate surface area is 147 Å². The molecule has 1 aliphatic rings. The highest BCUT2D eigenvalue weighted by atomic mass is 15.3. The molecular formula is C19H24N6. The van der Waals surface area contributed by atoms with Gasteiger partial charge in [-0.05, 0) is 37.7 Å². The summed E-state index contributed by atoms with van der Waals surface area (Å²) >= 11 is 0. The summed E-state index contributed by atoms with van der Waals surface area (Å²) in [7, 11) is 0. The average Bonchev–Trinajstić information content (AvgIpc) is 3.23. The number of nitrogens with zero attached hydrogens (tertiary/aromatic N) is 5. The van der Waals surface area contributed by atoms with Gasteiger partial charge in [0.2, 0.25) is 0 Å². The van der Waals surface area contributed by atoms with Gasteiger partial charge in [-0.2, -0.15) is 9.61 Å². The number of fused-ring (bicyclic) bond motifs is 2. The minimum absolute atomic E-state index is 0.378. The maximum atomic E-state index is 4.76. The molecule has 6 nitrogen and oxygen atoms in total. The summed E-state index contributed by atoms with van der Waals surface area (Å²) in [5.74, 6) is 2.28. The van der Waals surface area contributed by atoms with E-state index in [4.69, 9.17) is 4.98 Å². The van der Waals surface area contributed by atoms with E-state index in [0.717, 1.165) is 54.5 Å². The van der Waals surface area contributed by atoms with Crippen LogP contribution in [-0.4, -0.2) is 31.1 Å². The number of aromatic nitrogens is 5. The first-order chi connectivity index (χ1) is 12.1. The first-order valence-electron chi connectivity index (χ1n) is 9.05. The molecule has 0 saturated heterocycles. The van der Waals surface area contributed by atoms with Crippen LogP contribution in [0.2, 0.25) is 0 Å². The molecule has 0 amide bonds. The smallest absolute Gasteiger partial charge is 0.157 e. The number of aryl methyl sites for hydroxylation is 2. The molecule has 0 aliphatic heterocycles. The quantitative estimate of drug-likeness (QED) is 0.775. The molecule has 0 unspecified atom stereocenters. The van der Waals surface area contributed by atoms with Crippen LogP contribution in [0, 0.1) is 6.92 Å². The van der Waals surface area contributed by atoms with Crippen LogP contribution >= 0.6 is 0 Å². The van der Waals surface area contributed by atoms with Crippen LogP contribution in [0.15, 0.2) is 18.3 Å². The fraction of sp³-hybridized carbons (Fsp3) is 0.474. The van der Waals surface area contributed by atoms with Gasteiger partial charge >= 0.3 is 0 Å². The van der Waals surface area contributed by atoms with Crippen LogP contribution in [0.5, 0.6) is 0 Å². The van der Waals surface area contributed by atoms with Crippen molar-refractivity contribution in [3.63, 3.8) is 0 Å². The lowest BCUT2D eigenvalue weighted by Crippen LogP contribution is -2.13. The van der Waals surface area contributed by atoms with Gasteiger partial charge in [-0.25, -0.2) is 15.0 Å². The van der Waals surface area contributed by atoms with Crippen LogP contribution < -0.4 is 5.32 Å². The molecule has 6 heteroatoms. The molecule has 1 aliphatic carbocycles. The molecule has 1 N–H and O–H groups in total. The minimum Gasteiger partial charge on any atom is -0.369 e. The summed E-state index contributed by atoms with van der Waals surface area (Å²) < 4.78 is 1.85. The Balaban J connectivity index is 1.51. The van der Waals surface area contributed by atoms with Crippen molar-refractivity contribution < 1.29 is 0 Å². The monoisotopic (exact) mass is 336 g/mol. The highest BCUT2D eigenvalue weighted by Gasteiger charge is 2.17. The Morgan fingerprint density at radius 3 is 2.92 bits per heavy atom. The fourth-order valence-electron chi connectivity index (χ4n) is 3.45. The molecule has 130 valence electrons. The van der Waals surface area contributed by atoms with Crippen LogP contribution in [0.25, 0.3) is 5.65 Å². The Morgan fingerprint density at radius 1 is 1.20 bits per heavy atom. The van der Waals surface area contributed by atoms with Crippen LogP contribution in [0.4, 0.5) is 5.82 Å². The van der Waals surface area contributed by atoms with E-state index in [1.54, 1.807) is 6.20 Å². The van der Waals surface area contributed by atoms with Crippen LogP contribution in [0.1, 0.15) is 54.7 Å². The largest absolute Gasteiger partial charge is 0.369 e. The topological polar surface area (TPSA) is 68.0 Å². The molecule has 0 fully saturated rings.